The Labute approximate surface area is 119 Å². The number of rotatable bonds is 6. The predicted octanol–water partition coefficient (Wildman–Crippen LogP) is 4.32. The van der Waals surface area contributed by atoms with Crippen molar-refractivity contribution in [2.45, 2.75) is 26.4 Å². The third-order valence-electron chi connectivity index (χ3n) is 3.02. The summed E-state index contributed by atoms with van der Waals surface area (Å²) < 4.78 is 11.1. The Morgan fingerprint density at radius 2 is 1.35 bits per heavy atom. The average Bonchev–Trinajstić information content (AvgIpc) is 2.49. The number of hydrogen-bond donors (Lipinski definition) is 1. The van der Waals surface area contributed by atoms with Crippen LogP contribution < -0.4 is 9.47 Å². The molecule has 0 saturated carbocycles. The SMILES string of the molecule is CCOc1ccc(Oc2ccc([C@@H](O)CC)cc2)cc1. The normalized spacial score (nSPS) is 11.9. The van der Waals surface area contributed by atoms with E-state index in [1.165, 1.54) is 0 Å². The van der Waals surface area contributed by atoms with Crippen LogP contribution in [0.15, 0.2) is 48.5 Å². The second-order valence-corrected chi connectivity index (χ2v) is 4.50. The first-order valence-electron chi connectivity index (χ1n) is 6.91. The Hall–Kier alpha value is -2.00. The van der Waals surface area contributed by atoms with Crippen LogP contribution in [-0.4, -0.2) is 11.7 Å². The number of ether oxygens (including phenoxy) is 2. The van der Waals surface area contributed by atoms with Gasteiger partial charge in [-0.1, -0.05) is 19.1 Å². The maximum Gasteiger partial charge on any atom is 0.127 e. The van der Waals surface area contributed by atoms with Crippen LogP contribution in [0.5, 0.6) is 17.2 Å². The Kier molecular flexibility index (Phi) is 5.02. The summed E-state index contributed by atoms with van der Waals surface area (Å²) in [6, 6.07) is 15.0. The third kappa shape index (κ3) is 3.75. The Balaban J connectivity index is 2.02. The van der Waals surface area contributed by atoms with Crippen LogP contribution in [0, 0.1) is 0 Å². The molecule has 0 fully saturated rings. The summed E-state index contributed by atoms with van der Waals surface area (Å²) in [5.41, 5.74) is 0.909. The van der Waals surface area contributed by atoms with Gasteiger partial charge in [-0.05, 0) is 55.3 Å². The van der Waals surface area contributed by atoms with Crippen molar-refractivity contribution < 1.29 is 14.6 Å². The van der Waals surface area contributed by atoms with Crippen LogP contribution in [0.25, 0.3) is 0 Å². The topological polar surface area (TPSA) is 38.7 Å². The molecule has 0 saturated heterocycles. The van der Waals surface area contributed by atoms with E-state index in [0.717, 1.165) is 22.8 Å². The van der Waals surface area contributed by atoms with Crippen molar-refractivity contribution in [3.63, 3.8) is 0 Å². The van der Waals surface area contributed by atoms with Crippen molar-refractivity contribution in [3.8, 4) is 17.2 Å². The van der Waals surface area contributed by atoms with Gasteiger partial charge in [0.15, 0.2) is 0 Å². The van der Waals surface area contributed by atoms with Crippen molar-refractivity contribution in [2.75, 3.05) is 6.61 Å². The molecule has 0 aliphatic rings. The number of aliphatic hydroxyl groups excluding tert-OH is 1. The van der Waals surface area contributed by atoms with Gasteiger partial charge in [-0.25, -0.2) is 0 Å². The number of hydrogen-bond acceptors (Lipinski definition) is 3. The van der Waals surface area contributed by atoms with E-state index in [-0.39, 0.29) is 0 Å². The summed E-state index contributed by atoms with van der Waals surface area (Å²) in [5.74, 6) is 2.35. The van der Waals surface area contributed by atoms with E-state index in [4.69, 9.17) is 9.47 Å². The molecule has 1 atom stereocenters. The van der Waals surface area contributed by atoms with Crippen LogP contribution in [0.3, 0.4) is 0 Å². The lowest BCUT2D eigenvalue weighted by atomic mass is 10.1. The molecule has 2 aromatic rings. The molecule has 2 rings (SSSR count). The minimum atomic E-state index is -0.408. The minimum Gasteiger partial charge on any atom is -0.494 e. The van der Waals surface area contributed by atoms with Gasteiger partial charge in [-0.15, -0.1) is 0 Å². The van der Waals surface area contributed by atoms with E-state index >= 15 is 0 Å². The highest BCUT2D eigenvalue weighted by atomic mass is 16.5. The summed E-state index contributed by atoms with van der Waals surface area (Å²) in [5, 5.41) is 9.74. The molecule has 3 heteroatoms. The summed E-state index contributed by atoms with van der Waals surface area (Å²) in [4.78, 5) is 0. The Morgan fingerprint density at radius 1 is 0.850 bits per heavy atom. The van der Waals surface area contributed by atoms with Gasteiger partial charge in [-0.2, -0.15) is 0 Å². The van der Waals surface area contributed by atoms with Crippen LogP contribution in [0.1, 0.15) is 31.9 Å². The zero-order valence-corrected chi connectivity index (χ0v) is 11.9. The van der Waals surface area contributed by atoms with E-state index in [1.54, 1.807) is 0 Å². The molecule has 1 N–H and O–H groups in total. The smallest absolute Gasteiger partial charge is 0.127 e. The lowest BCUT2D eigenvalue weighted by molar-refractivity contribution is 0.173. The molecule has 0 heterocycles. The third-order valence-corrected chi connectivity index (χ3v) is 3.02. The van der Waals surface area contributed by atoms with Crippen LogP contribution in [-0.2, 0) is 0 Å². The summed E-state index contributed by atoms with van der Waals surface area (Å²) in [7, 11) is 0. The lowest BCUT2D eigenvalue weighted by Gasteiger charge is -2.10. The predicted molar refractivity (Wildman–Crippen MR) is 79.4 cm³/mol. The highest BCUT2D eigenvalue weighted by molar-refractivity contribution is 5.36. The molecule has 0 aromatic heterocycles. The van der Waals surface area contributed by atoms with Crippen LogP contribution in [0.4, 0.5) is 0 Å². The summed E-state index contributed by atoms with van der Waals surface area (Å²) in [6.45, 7) is 4.56. The van der Waals surface area contributed by atoms with Gasteiger partial charge in [-0.3, -0.25) is 0 Å². The fourth-order valence-electron chi connectivity index (χ4n) is 1.90. The van der Waals surface area contributed by atoms with Crippen molar-refractivity contribution in [1.29, 1.82) is 0 Å². The zero-order valence-electron chi connectivity index (χ0n) is 11.9. The molecule has 20 heavy (non-hydrogen) atoms. The standard InChI is InChI=1S/C17H20O3/c1-3-17(18)13-5-7-15(8-6-13)20-16-11-9-14(10-12-16)19-4-2/h5-12,17-18H,3-4H2,1-2H3/t17-/m0/s1. The Bertz CT molecular complexity index is 517. The molecule has 0 spiro atoms. The molecule has 0 aliphatic carbocycles. The lowest BCUT2D eigenvalue weighted by Crippen LogP contribution is -1.94. The van der Waals surface area contributed by atoms with Gasteiger partial charge in [0.25, 0.3) is 0 Å². The first-order valence-corrected chi connectivity index (χ1v) is 6.91. The molecular formula is C17H20O3. The Morgan fingerprint density at radius 3 is 1.85 bits per heavy atom. The summed E-state index contributed by atoms with van der Waals surface area (Å²) >= 11 is 0. The van der Waals surface area contributed by atoms with E-state index < -0.39 is 6.10 Å². The number of aliphatic hydroxyl groups is 1. The van der Waals surface area contributed by atoms with Crippen LogP contribution >= 0.6 is 0 Å². The first-order chi connectivity index (χ1) is 9.72. The molecule has 0 radical (unpaired) electrons. The van der Waals surface area contributed by atoms with E-state index in [1.807, 2.05) is 62.4 Å². The van der Waals surface area contributed by atoms with Gasteiger partial charge >= 0.3 is 0 Å². The molecule has 0 unspecified atom stereocenters. The average molecular weight is 272 g/mol. The fraction of sp³-hybridized carbons (Fsp3) is 0.294. The molecule has 0 bridgehead atoms. The molecule has 0 aliphatic heterocycles. The van der Waals surface area contributed by atoms with Crippen molar-refractivity contribution >= 4 is 0 Å². The van der Waals surface area contributed by atoms with E-state index in [0.29, 0.717) is 13.0 Å². The monoisotopic (exact) mass is 272 g/mol. The highest BCUT2D eigenvalue weighted by Crippen LogP contribution is 2.25. The zero-order chi connectivity index (χ0) is 14.4. The second kappa shape index (κ2) is 6.96. The van der Waals surface area contributed by atoms with Gasteiger partial charge in [0.1, 0.15) is 17.2 Å². The second-order valence-electron chi connectivity index (χ2n) is 4.50. The molecular weight excluding hydrogens is 252 g/mol. The van der Waals surface area contributed by atoms with Gasteiger partial charge < -0.3 is 14.6 Å². The maximum atomic E-state index is 9.74. The van der Waals surface area contributed by atoms with Crippen molar-refractivity contribution in [1.82, 2.24) is 0 Å². The molecule has 106 valence electrons. The minimum absolute atomic E-state index is 0.408. The summed E-state index contributed by atoms with van der Waals surface area (Å²) in [6.07, 6.45) is 0.300. The largest absolute Gasteiger partial charge is 0.494 e. The highest BCUT2D eigenvalue weighted by Gasteiger charge is 2.05. The van der Waals surface area contributed by atoms with E-state index in [2.05, 4.69) is 0 Å². The van der Waals surface area contributed by atoms with Gasteiger partial charge in [0, 0.05) is 0 Å². The molecule has 3 nitrogen and oxygen atoms in total. The van der Waals surface area contributed by atoms with Gasteiger partial charge in [0.2, 0.25) is 0 Å². The first kappa shape index (κ1) is 14.4. The van der Waals surface area contributed by atoms with Gasteiger partial charge in [0.05, 0.1) is 12.7 Å². The maximum absolute atomic E-state index is 9.74. The molecule has 2 aromatic carbocycles. The van der Waals surface area contributed by atoms with Crippen molar-refractivity contribution in [2.24, 2.45) is 0 Å². The van der Waals surface area contributed by atoms with E-state index in [9.17, 15) is 5.11 Å². The van der Waals surface area contributed by atoms with Crippen LogP contribution in [0.2, 0.25) is 0 Å². The number of benzene rings is 2. The van der Waals surface area contributed by atoms with Crippen molar-refractivity contribution in [3.05, 3.63) is 54.1 Å². The fourth-order valence-corrected chi connectivity index (χ4v) is 1.90. The molecule has 0 amide bonds. The quantitative estimate of drug-likeness (QED) is 0.851.